The minimum atomic E-state index is -0.217. The number of hydrogen-bond acceptors (Lipinski definition) is 5. The molecule has 0 radical (unpaired) electrons. The number of anilines is 1. The van der Waals surface area contributed by atoms with Gasteiger partial charge in [0.15, 0.2) is 5.82 Å². The molecule has 2 aliphatic rings. The first-order valence-electron chi connectivity index (χ1n) is 9.99. The van der Waals surface area contributed by atoms with E-state index in [9.17, 15) is 4.79 Å². The fourth-order valence-electron chi connectivity index (χ4n) is 4.32. The molecule has 2 heterocycles. The number of likely N-dealkylation sites (tertiary alicyclic amines) is 1. The number of benzene rings is 1. The topological polar surface area (TPSA) is 84.3 Å². The van der Waals surface area contributed by atoms with Crippen LogP contribution in [0, 0.1) is 0 Å². The summed E-state index contributed by atoms with van der Waals surface area (Å²) in [5.41, 5.74) is 1.14. The Labute approximate surface area is 165 Å². The molecule has 3 atom stereocenters. The summed E-state index contributed by atoms with van der Waals surface area (Å²) in [6.45, 7) is 2.61. The smallest absolute Gasteiger partial charge is 0.320 e. The van der Waals surface area contributed by atoms with Gasteiger partial charge in [-0.1, -0.05) is 35.5 Å². The van der Waals surface area contributed by atoms with Crippen molar-refractivity contribution in [1.29, 1.82) is 0 Å². The van der Waals surface area contributed by atoms with Crippen LogP contribution in [0.2, 0.25) is 0 Å². The van der Waals surface area contributed by atoms with Crippen LogP contribution >= 0.6 is 0 Å². The summed E-state index contributed by atoms with van der Waals surface area (Å²) >= 11 is 0. The second kappa shape index (κ2) is 8.70. The molecule has 150 valence electrons. The van der Waals surface area contributed by atoms with Gasteiger partial charge >= 0.3 is 6.03 Å². The number of nitrogens with zero attached hydrogens (tertiary/aromatic N) is 4. The number of nitrogens with one attached hydrogen (secondary N) is 2. The summed E-state index contributed by atoms with van der Waals surface area (Å²) in [7, 11) is 1.77. The van der Waals surface area contributed by atoms with E-state index < -0.39 is 0 Å². The van der Waals surface area contributed by atoms with E-state index in [1.54, 1.807) is 18.0 Å². The number of urea groups is 1. The number of methoxy groups -OCH3 is 1. The number of ether oxygens (including phenoxy) is 1. The molecule has 1 aliphatic heterocycles. The standard InChI is InChI=1S/C20H28N6O2/c1-28-16-10-11-25(13-16)18-9-5-8-17(18)21-20(27)22-19-14-26(24-23-19)12-15-6-3-2-4-7-15/h2-4,6-7,14,16-18H,5,8-13H2,1H3,(H2,21,22,27)/t16?,17-,18+/m0/s1. The normalized spacial score (nSPS) is 25.1. The van der Waals surface area contributed by atoms with Crippen molar-refractivity contribution in [3.63, 3.8) is 0 Å². The molecular formula is C20H28N6O2. The number of amides is 2. The quantitative estimate of drug-likeness (QED) is 0.797. The van der Waals surface area contributed by atoms with Crippen molar-refractivity contribution in [2.45, 2.75) is 50.4 Å². The lowest BCUT2D eigenvalue weighted by Gasteiger charge is -2.29. The van der Waals surface area contributed by atoms with Crippen molar-refractivity contribution >= 4 is 11.8 Å². The Hall–Kier alpha value is -2.45. The molecular weight excluding hydrogens is 356 g/mol. The van der Waals surface area contributed by atoms with Crippen LogP contribution in [0.25, 0.3) is 0 Å². The van der Waals surface area contributed by atoms with Crippen molar-refractivity contribution < 1.29 is 9.53 Å². The van der Waals surface area contributed by atoms with Crippen molar-refractivity contribution in [3.8, 4) is 0 Å². The third-order valence-corrected chi connectivity index (χ3v) is 5.74. The molecule has 1 unspecified atom stereocenters. The van der Waals surface area contributed by atoms with Crippen LogP contribution in [0.1, 0.15) is 31.2 Å². The lowest BCUT2D eigenvalue weighted by atomic mass is 10.1. The Balaban J connectivity index is 1.29. The molecule has 1 aliphatic carbocycles. The third-order valence-electron chi connectivity index (χ3n) is 5.74. The third kappa shape index (κ3) is 4.51. The molecule has 1 aromatic carbocycles. The summed E-state index contributed by atoms with van der Waals surface area (Å²) < 4.78 is 7.20. The predicted octanol–water partition coefficient (Wildman–Crippen LogP) is 2.09. The molecule has 2 aromatic rings. The number of carbonyl (C=O) groups is 1. The molecule has 4 rings (SSSR count). The Morgan fingerprint density at radius 3 is 2.89 bits per heavy atom. The molecule has 8 heteroatoms. The van der Waals surface area contributed by atoms with Gasteiger partial charge in [-0.3, -0.25) is 10.2 Å². The maximum atomic E-state index is 12.5. The van der Waals surface area contributed by atoms with Gasteiger partial charge in [-0.15, -0.1) is 5.10 Å². The van der Waals surface area contributed by atoms with Gasteiger partial charge in [0, 0.05) is 32.3 Å². The number of aromatic nitrogens is 3. The minimum absolute atomic E-state index is 0.162. The average Bonchev–Trinajstić information content (AvgIpc) is 3.43. The molecule has 28 heavy (non-hydrogen) atoms. The van der Waals surface area contributed by atoms with Crippen LogP contribution in [0.5, 0.6) is 0 Å². The molecule has 2 N–H and O–H groups in total. The first-order chi connectivity index (χ1) is 13.7. The summed E-state index contributed by atoms with van der Waals surface area (Å²) in [5.74, 6) is 0.462. The Morgan fingerprint density at radius 1 is 1.25 bits per heavy atom. The second-order valence-electron chi connectivity index (χ2n) is 7.63. The summed E-state index contributed by atoms with van der Waals surface area (Å²) in [4.78, 5) is 14.9. The van der Waals surface area contributed by atoms with Gasteiger partial charge in [0.1, 0.15) is 0 Å². The molecule has 0 spiro atoms. The van der Waals surface area contributed by atoms with Crippen LogP contribution in [-0.4, -0.2) is 64.3 Å². The van der Waals surface area contributed by atoms with Crippen molar-refractivity contribution in [2.75, 3.05) is 25.5 Å². The average molecular weight is 384 g/mol. The number of hydrogen-bond donors (Lipinski definition) is 2. The molecule has 1 saturated carbocycles. The van der Waals surface area contributed by atoms with Crippen LogP contribution in [0.3, 0.4) is 0 Å². The molecule has 8 nitrogen and oxygen atoms in total. The first-order valence-corrected chi connectivity index (χ1v) is 9.99. The highest BCUT2D eigenvalue weighted by atomic mass is 16.5. The fourth-order valence-corrected chi connectivity index (χ4v) is 4.32. The van der Waals surface area contributed by atoms with Gasteiger partial charge in [0.2, 0.25) is 0 Å². The summed E-state index contributed by atoms with van der Waals surface area (Å²) in [6, 6.07) is 10.4. The van der Waals surface area contributed by atoms with E-state index in [-0.39, 0.29) is 12.1 Å². The van der Waals surface area contributed by atoms with Crippen molar-refractivity contribution in [3.05, 3.63) is 42.1 Å². The summed E-state index contributed by atoms with van der Waals surface area (Å²) in [6.07, 6.45) is 6.40. The maximum absolute atomic E-state index is 12.5. The molecule has 0 bridgehead atoms. The zero-order valence-corrected chi connectivity index (χ0v) is 16.3. The monoisotopic (exact) mass is 384 g/mol. The van der Waals surface area contributed by atoms with E-state index in [1.807, 2.05) is 30.3 Å². The maximum Gasteiger partial charge on any atom is 0.320 e. The predicted molar refractivity (Wildman–Crippen MR) is 106 cm³/mol. The Morgan fingerprint density at radius 2 is 2.11 bits per heavy atom. The van der Waals surface area contributed by atoms with Crippen molar-refractivity contribution in [2.24, 2.45) is 0 Å². The number of rotatable bonds is 6. The highest BCUT2D eigenvalue weighted by molar-refractivity contribution is 5.88. The largest absolute Gasteiger partial charge is 0.380 e. The zero-order chi connectivity index (χ0) is 19.3. The van der Waals surface area contributed by atoms with E-state index in [0.29, 0.717) is 24.5 Å². The van der Waals surface area contributed by atoms with Gasteiger partial charge in [-0.2, -0.15) is 0 Å². The van der Waals surface area contributed by atoms with E-state index in [0.717, 1.165) is 44.3 Å². The highest BCUT2D eigenvalue weighted by Crippen LogP contribution is 2.28. The molecule has 2 fully saturated rings. The van der Waals surface area contributed by atoms with E-state index in [1.165, 1.54) is 0 Å². The number of carbonyl (C=O) groups excluding carboxylic acids is 1. The van der Waals surface area contributed by atoms with Gasteiger partial charge in [-0.25, -0.2) is 9.48 Å². The first kappa shape index (κ1) is 18.9. The SMILES string of the molecule is COC1CCN([C@@H]2CCC[C@@H]2NC(=O)Nc2cn(Cc3ccccc3)nn2)C1. The van der Waals surface area contributed by atoms with Crippen LogP contribution in [0.4, 0.5) is 10.6 Å². The van der Waals surface area contributed by atoms with Gasteiger partial charge in [-0.05, 0) is 31.2 Å². The van der Waals surface area contributed by atoms with Gasteiger partial charge in [0.05, 0.1) is 18.8 Å². The second-order valence-corrected chi connectivity index (χ2v) is 7.63. The lowest BCUT2D eigenvalue weighted by Crippen LogP contribution is -2.49. The van der Waals surface area contributed by atoms with E-state index in [4.69, 9.17) is 4.74 Å². The lowest BCUT2D eigenvalue weighted by molar-refractivity contribution is 0.0985. The highest BCUT2D eigenvalue weighted by Gasteiger charge is 2.36. The fraction of sp³-hybridized carbons (Fsp3) is 0.550. The zero-order valence-electron chi connectivity index (χ0n) is 16.3. The van der Waals surface area contributed by atoms with Crippen LogP contribution < -0.4 is 10.6 Å². The van der Waals surface area contributed by atoms with Crippen molar-refractivity contribution in [1.82, 2.24) is 25.2 Å². The van der Waals surface area contributed by atoms with Gasteiger partial charge in [0.25, 0.3) is 0 Å². The molecule has 2 amide bonds. The van der Waals surface area contributed by atoms with Crippen LogP contribution in [-0.2, 0) is 11.3 Å². The van der Waals surface area contributed by atoms with Crippen LogP contribution in [0.15, 0.2) is 36.5 Å². The molecule has 1 aromatic heterocycles. The minimum Gasteiger partial charge on any atom is -0.380 e. The summed E-state index contributed by atoms with van der Waals surface area (Å²) in [5, 5.41) is 14.1. The molecule has 1 saturated heterocycles. The Kier molecular flexibility index (Phi) is 5.87. The van der Waals surface area contributed by atoms with E-state index in [2.05, 4.69) is 25.8 Å². The Bertz CT molecular complexity index is 780. The van der Waals surface area contributed by atoms with Gasteiger partial charge < -0.3 is 10.1 Å². The van der Waals surface area contributed by atoms with E-state index >= 15 is 0 Å².